The molecule has 7 nitrogen and oxygen atoms in total. The van der Waals surface area contributed by atoms with Crippen molar-refractivity contribution < 1.29 is 14.1 Å². The van der Waals surface area contributed by atoms with Crippen LogP contribution in [0.5, 0.6) is 0 Å². The average Bonchev–Trinajstić information content (AvgIpc) is 3.32. The zero-order valence-corrected chi connectivity index (χ0v) is 16.2. The summed E-state index contributed by atoms with van der Waals surface area (Å²) < 4.78 is 6.33. The van der Waals surface area contributed by atoms with Gasteiger partial charge in [0.05, 0.1) is 15.1 Å². The Morgan fingerprint density at radius 1 is 1.17 bits per heavy atom. The summed E-state index contributed by atoms with van der Waals surface area (Å²) in [4.78, 5) is 26.8. The lowest BCUT2D eigenvalue weighted by Gasteiger charge is -1.96. The molecule has 144 valence electrons. The van der Waals surface area contributed by atoms with Gasteiger partial charge in [0.1, 0.15) is 11.5 Å². The first-order chi connectivity index (χ1) is 14.0. The van der Waals surface area contributed by atoms with Crippen LogP contribution in [0, 0.1) is 10.1 Å². The Morgan fingerprint density at radius 3 is 2.72 bits per heavy atom. The summed E-state index contributed by atoms with van der Waals surface area (Å²) in [6, 6.07) is 15.2. The molecule has 2 heterocycles. The molecule has 4 aromatic rings. The minimum absolute atomic E-state index is 0.0202. The van der Waals surface area contributed by atoms with Gasteiger partial charge in [-0.05, 0) is 48.5 Å². The van der Waals surface area contributed by atoms with Crippen molar-refractivity contribution in [1.82, 2.24) is 4.98 Å². The molecular formula is C20H12ClN3O4S. The normalized spacial score (nSPS) is 11.2. The van der Waals surface area contributed by atoms with E-state index in [0.29, 0.717) is 31.9 Å². The van der Waals surface area contributed by atoms with Gasteiger partial charge in [-0.1, -0.05) is 22.9 Å². The number of nitro groups is 1. The molecule has 0 aliphatic heterocycles. The number of aromatic nitrogens is 1. The molecule has 2 aromatic heterocycles. The summed E-state index contributed by atoms with van der Waals surface area (Å²) in [5, 5.41) is 14.5. The minimum atomic E-state index is -0.470. The Kier molecular flexibility index (Phi) is 5.11. The van der Waals surface area contributed by atoms with E-state index in [1.54, 1.807) is 36.4 Å². The molecule has 0 fully saturated rings. The number of furan rings is 1. The van der Waals surface area contributed by atoms with Gasteiger partial charge >= 0.3 is 0 Å². The quantitative estimate of drug-likeness (QED) is 0.248. The minimum Gasteiger partial charge on any atom is -0.457 e. The summed E-state index contributed by atoms with van der Waals surface area (Å²) in [5.41, 5.74) is 1.44. The van der Waals surface area contributed by atoms with Crippen LogP contribution >= 0.6 is 22.9 Å². The molecule has 1 N–H and O–H groups in total. The van der Waals surface area contributed by atoms with E-state index in [4.69, 9.17) is 16.0 Å². The largest absolute Gasteiger partial charge is 0.457 e. The smallest absolute Gasteiger partial charge is 0.270 e. The fraction of sp³-hybridized carbons (Fsp3) is 0. The number of hydrogen-bond acceptors (Lipinski definition) is 6. The molecule has 0 saturated heterocycles. The maximum Gasteiger partial charge on any atom is 0.270 e. The number of amides is 1. The number of carbonyl (C=O) groups excluding carboxylic acids is 1. The van der Waals surface area contributed by atoms with Crippen LogP contribution in [-0.4, -0.2) is 15.8 Å². The number of carbonyl (C=O) groups is 1. The summed E-state index contributed by atoms with van der Waals surface area (Å²) in [6.07, 6.45) is 2.88. The van der Waals surface area contributed by atoms with Crippen LogP contribution in [-0.2, 0) is 4.79 Å². The number of hydrogen-bond donors (Lipinski definition) is 1. The van der Waals surface area contributed by atoms with E-state index < -0.39 is 4.92 Å². The number of non-ortho nitro benzene ring substituents is 1. The van der Waals surface area contributed by atoms with Crippen molar-refractivity contribution >= 4 is 56.0 Å². The SMILES string of the molecule is O=C(/C=C/c1ccc(-c2ccc(Cl)cc2)o1)Nc1nc2ccc([N+](=O)[O-])cc2s1. The lowest BCUT2D eigenvalue weighted by Crippen LogP contribution is -2.07. The summed E-state index contributed by atoms with van der Waals surface area (Å²) in [6.45, 7) is 0. The molecule has 0 aliphatic rings. The second-order valence-electron chi connectivity index (χ2n) is 5.96. The lowest BCUT2D eigenvalue weighted by molar-refractivity contribution is -0.384. The number of nitro benzene ring substituents is 1. The third-order valence-corrected chi connectivity index (χ3v) is 5.15. The van der Waals surface area contributed by atoms with E-state index in [9.17, 15) is 14.9 Å². The number of benzene rings is 2. The number of halogens is 1. The van der Waals surface area contributed by atoms with Crippen LogP contribution < -0.4 is 5.32 Å². The number of anilines is 1. The number of rotatable bonds is 5. The van der Waals surface area contributed by atoms with Gasteiger partial charge in [-0.15, -0.1) is 0 Å². The Bertz CT molecular complexity index is 1240. The highest BCUT2D eigenvalue weighted by molar-refractivity contribution is 7.22. The van der Waals surface area contributed by atoms with E-state index in [1.807, 2.05) is 12.1 Å². The first kappa shape index (κ1) is 18.9. The van der Waals surface area contributed by atoms with Gasteiger partial charge in [0.25, 0.3) is 5.69 Å². The molecule has 1 amide bonds. The van der Waals surface area contributed by atoms with Crippen molar-refractivity contribution in [3.63, 3.8) is 0 Å². The number of thiazole rings is 1. The van der Waals surface area contributed by atoms with Crippen LogP contribution in [0.3, 0.4) is 0 Å². The van der Waals surface area contributed by atoms with Gasteiger partial charge in [-0.3, -0.25) is 20.2 Å². The summed E-state index contributed by atoms with van der Waals surface area (Å²) >= 11 is 7.05. The first-order valence-corrected chi connectivity index (χ1v) is 9.57. The average molecular weight is 426 g/mol. The first-order valence-electron chi connectivity index (χ1n) is 8.38. The summed E-state index contributed by atoms with van der Waals surface area (Å²) in [5.74, 6) is 0.794. The molecule has 29 heavy (non-hydrogen) atoms. The van der Waals surface area contributed by atoms with Crippen molar-refractivity contribution in [1.29, 1.82) is 0 Å². The van der Waals surface area contributed by atoms with E-state index in [1.165, 1.54) is 29.5 Å². The molecule has 9 heteroatoms. The molecular weight excluding hydrogens is 414 g/mol. The number of fused-ring (bicyclic) bond motifs is 1. The summed E-state index contributed by atoms with van der Waals surface area (Å²) in [7, 11) is 0. The molecule has 0 bridgehead atoms. The highest BCUT2D eigenvalue weighted by Crippen LogP contribution is 2.29. The number of nitrogens with zero attached hydrogens (tertiary/aromatic N) is 2. The predicted octanol–water partition coefficient (Wildman–Crippen LogP) is 5.77. The van der Waals surface area contributed by atoms with Crippen molar-refractivity contribution in [3.05, 3.63) is 81.6 Å². The maximum atomic E-state index is 12.2. The predicted molar refractivity (Wildman–Crippen MR) is 113 cm³/mol. The van der Waals surface area contributed by atoms with Crippen LogP contribution in [0.4, 0.5) is 10.8 Å². The second kappa shape index (κ2) is 7.86. The van der Waals surface area contributed by atoms with Crippen molar-refractivity contribution in [2.75, 3.05) is 5.32 Å². The van der Waals surface area contributed by atoms with Gasteiger partial charge in [0.15, 0.2) is 5.13 Å². The van der Waals surface area contributed by atoms with Crippen molar-refractivity contribution in [2.24, 2.45) is 0 Å². The Balaban J connectivity index is 1.44. The van der Waals surface area contributed by atoms with Crippen LogP contribution in [0.15, 0.2) is 65.1 Å². The van der Waals surface area contributed by atoms with Gasteiger partial charge < -0.3 is 4.42 Å². The van der Waals surface area contributed by atoms with Crippen LogP contribution in [0.2, 0.25) is 5.02 Å². The molecule has 0 unspecified atom stereocenters. The fourth-order valence-electron chi connectivity index (χ4n) is 2.60. The third-order valence-electron chi connectivity index (χ3n) is 3.97. The van der Waals surface area contributed by atoms with Gasteiger partial charge in [-0.25, -0.2) is 4.98 Å². The lowest BCUT2D eigenvalue weighted by atomic mass is 10.2. The Labute approximate surface area is 173 Å². The Morgan fingerprint density at radius 2 is 1.97 bits per heavy atom. The van der Waals surface area contributed by atoms with Crippen molar-refractivity contribution in [3.8, 4) is 11.3 Å². The highest BCUT2D eigenvalue weighted by Gasteiger charge is 2.11. The zero-order valence-electron chi connectivity index (χ0n) is 14.7. The van der Waals surface area contributed by atoms with E-state index >= 15 is 0 Å². The molecule has 4 rings (SSSR count). The molecule has 0 aliphatic carbocycles. The molecule has 2 aromatic carbocycles. The highest BCUT2D eigenvalue weighted by atomic mass is 35.5. The molecule has 0 radical (unpaired) electrons. The van der Waals surface area contributed by atoms with E-state index in [2.05, 4.69) is 10.3 Å². The van der Waals surface area contributed by atoms with Gasteiger partial charge in [-0.2, -0.15) is 0 Å². The molecule has 0 spiro atoms. The van der Waals surface area contributed by atoms with Crippen LogP contribution in [0.1, 0.15) is 5.76 Å². The van der Waals surface area contributed by atoms with Gasteiger partial charge in [0.2, 0.25) is 5.91 Å². The third kappa shape index (κ3) is 4.34. The van der Waals surface area contributed by atoms with Crippen LogP contribution in [0.25, 0.3) is 27.6 Å². The molecule has 0 atom stereocenters. The maximum absolute atomic E-state index is 12.2. The topological polar surface area (TPSA) is 98.3 Å². The zero-order chi connectivity index (χ0) is 20.4. The second-order valence-corrected chi connectivity index (χ2v) is 7.43. The fourth-order valence-corrected chi connectivity index (χ4v) is 3.62. The number of nitrogens with one attached hydrogen (secondary N) is 1. The van der Waals surface area contributed by atoms with Gasteiger partial charge in [0, 0.05) is 28.8 Å². The van der Waals surface area contributed by atoms with E-state index in [0.717, 1.165) is 5.56 Å². The monoisotopic (exact) mass is 425 g/mol. The van der Waals surface area contributed by atoms with E-state index in [-0.39, 0.29) is 11.6 Å². The van der Waals surface area contributed by atoms with Crippen molar-refractivity contribution in [2.45, 2.75) is 0 Å². The Hall–Kier alpha value is -3.49. The standard InChI is InChI=1S/C20H12ClN3O4S/c21-13-3-1-12(2-4-13)17-9-6-15(28-17)7-10-19(25)23-20-22-16-8-5-14(24(26)27)11-18(16)29-20/h1-11H,(H,22,23,25)/b10-7+. The molecule has 0 saturated carbocycles.